The van der Waals surface area contributed by atoms with Gasteiger partial charge in [-0.2, -0.15) is 4.31 Å². The molecule has 0 radical (unpaired) electrons. The Balaban J connectivity index is 2.04. The lowest BCUT2D eigenvalue weighted by Gasteiger charge is -2.29. The van der Waals surface area contributed by atoms with Crippen LogP contribution in [0.5, 0.6) is 5.75 Å². The Bertz CT molecular complexity index is 850. The number of amides is 1. The van der Waals surface area contributed by atoms with E-state index in [0.29, 0.717) is 12.3 Å². The maximum absolute atomic E-state index is 13.1. The molecule has 1 aliphatic rings. The summed E-state index contributed by atoms with van der Waals surface area (Å²) >= 11 is 0. The summed E-state index contributed by atoms with van der Waals surface area (Å²) in [5.74, 6) is 0.514. The van der Waals surface area contributed by atoms with E-state index in [0.717, 1.165) is 5.56 Å². The van der Waals surface area contributed by atoms with E-state index in [1.165, 1.54) is 11.2 Å². The van der Waals surface area contributed by atoms with E-state index in [4.69, 9.17) is 4.74 Å². The van der Waals surface area contributed by atoms with Crippen LogP contribution in [0.25, 0.3) is 0 Å². The van der Waals surface area contributed by atoms with Gasteiger partial charge in [0.2, 0.25) is 15.9 Å². The third kappa shape index (κ3) is 3.25. The van der Waals surface area contributed by atoms with Crippen molar-refractivity contribution in [2.24, 2.45) is 0 Å². The fourth-order valence-electron chi connectivity index (χ4n) is 3.04. The largest absolute Gasteiger partial charge is 0.497 e. The molecule has 0 aromatic heterocycles. The monoisotopic (exact) mass is 360 g/mol. The predicted octanol–water partition coefficient (Wildman–Crippen LogP) is 2.25. The fraction of sp³-hybridized carbons (Fsp3) is 0.278. The number of methoxy groups -OCH3 is 1. The molecule has 0 unspecified atom stereocenters. The average molecular weight is 360 g/mol. The zero-order chi connectivity index (χ0) is 18.0. The van der Waals surface area contributed by atoms with Gasteiger partial charge in [-0.15, -0.1) is 0 Å². The third-order valence-electron chi connectivity index (χ3n) is 4.30. The Hall–Kier alpha value is -2.38. The number of sulfonamides is 1. The molecule has 1 fully saturated rings. The highest BCUT2D eigenvalue weighted by atomic mass is 32.2. The summed E-state index contributed by atoms with van der Waals surface area (Å²) in [7, 11) is -2.14. The molecule has 1 amide bonds. The standard InChI is InChI=1S/C18H20N2O4S/c1-14(21)19-12-13-20(25(22,23)17-6-4-3-5-7-17)18(19)15-8-10-16(24-2)11-9-15/h3-11,18H,12-13H2,1-2H3/t18-/m1/s1. The minimum atomic E-state index is -3.71. The van der Waals surface area contributed by atoms with Crippen LogP contribution in [0, 0.1) is 0 Å². The van der Waals surface area contributed by atoms with Crippen LogP contribution >= 0.6 is 0 Å². The predicted molar refractivity (Wildman–Crippen MR) is 93.5 cm³/mol. The third-order valence-corrected chi connectivity index (χ3v) is 6.17. The van der Waals surface area contributed by atoms with Crippen molar-refractivity contribution in [1.82, 2.24) is 9.21 Å². The fourth-order valence-corrected chi connectivity index (χ4v) is 4.63. The van der Waals surface area contributed by atoms with Crippen LogP contribution in [0.1, 0.15) is 18.7 Å². The number of hydrogen-bond donors (Lipinski definition) is 0. The first kappa shape index (κ1) is 17.4. The molecule has 2 aromatic carbocycles. The highest BCUT2D eigenvalue weighted by molar-refractivity contribution is 7.89. The Labute approximate surface area is 147 Å². The normalized spacial score (nSPS) is 18.3. The van der Waals surface area contributed by atoms with Crippen LogP contribution < -0.4 is 4.74 Å². The minimum Gasteiger partial charge on any atom is -0.497 e. The molecular weight excluding hydrogens is 340 g/mol. The molecule has 7 heteroatoms. The smallest absolute Gasteiger partial charge is 0.245 e. The topological polar surface area (TPSA) is 66.9 Å². The first-order valence-electron chi connectivity index (χ1n) is 7.93. The number of nitrogens with zero attached hydrogens (tertiary/aromatic N) is 2. The molecule has 25 heavy (non-hydrogen) atoms. The molecule has 0 aliphatic carbocycles. The number of benzene rings is 2. The molecule has 0 N–H and O–H groups in total. The SMILES string of the molecule is COc1ccc([C@@H]2N(C(C)=O)CCN2S(=O)(=O)c2ccccc2)cc1. The number of rotatable bonds is 4. The van der Waals surface area contributed by atoms with Crippen molar-refractivity contribution in [1.29, 1.82) is 0 Å². The van der Waals surface area contributed by atoms with Crippen LogP contribution in [0.3, 0.4) is 0 Å². The van der Waals surface area contributed by atoms with Crippen LogP contribution in [-0.4, -0.2) is 43.7 Å². The highest BCUT2D eigenvalue weighted by Crippen LogP contribution is 2.35. The van der Waals surface area contributed by atoms with Gasteiger partial charge in [0.1, 0.15) is 11.9 Å². The molecule has 0 spiro atoms. The zero-order valence-corrected chi connectivity index (χ0v) is 14.9. The van der Waals surface area contributed by atoms with Crippen LogP contribution in [0.2, 0.25) is 0 Å². The Morgan fingerprint density at radius 2 is 1.68 bits per heavy atom. The summed E-state index contributed by atoms with van der Waals surface area (Å²) in [6.07, 6.45) is -0.659. The number of hydrogen-bond acceptors (Lipinski definition) is 4. The van der Waals surface area contributed by atoms with Crippen LogP contribution in [0.15, 0.2) is 59.5 Å². The van der Waals surface area contributed by atoms with Gasteiger partial charge in [-0.3, -0.25) is 4.79 Å². The first-order chi connectivity index (χ1) is 11.9. The molecule has 1 atom stereocenters. The molecule has 2 aromatic rings. The maximum Gasteiger partial charge on any atom is 0.245 e. The Morgan fingerprint density at radius 3 is 2.24 bits per heavy atom. The van der Waals surface area contributed by atoms with E-state index in [-0.39, 0.29) is 17.3 Å². The summed E-state index contributed by atoms with van der Waals surface area (Å²) < 4.78 is 32.7. The molecule has 1 heterocycles. The van der Waals surface area contributed by atoms with Crippen LogP contribution in [-0.2, 0) is 14.8 Å². The summed E-state index contributed by atoms with van der Waals surface area (Å²) in [5, 5.41) is 0. The highest BCUT2D eigenvalue weighted by Gasteiger charge is 2.42. The van der Waals surface area contributed by atoms with Crippen molar-refractivity contribution in [2.75, 3.05) is 20.2 Å². The lowest BCUT2D eigenvalue weighted by Crippen LogP contribution is -2.37. The van der Waals surface area contributed by atoms with E-state index in [2.05, 4.69) is 0 Å². The summed E-state index contributed by atoms with van der Waals surface area (Å²) in [5.41, 5.74) is 0.730. The zero-order valence-electron chi connectivity index (χ0n) is 14.1. The molecule has 6 nitrogen and oxygen atoms in total. The van der Waals surface area contributed by atoms with Crippen molar-refractivity contribution in [3.63, 3.8) is 0 Å². The number of ether oxygens (including phenoxy) is 1. The number of carbonyl (C=O) groups excluding carboxylic acids is 1. The summed E-state index contributed by atoms with van der Waals surface area (Å²) in [6, 6.07) is 15.4. The van der Waals surface area contributed by atoms with Crippen molar-refractivity contribution < 1.29 is 17.9 Å². The molecule has 0 saturated carbocycles. The molecule has 0 bridgehead atoms. The lowest BCUT2D eigenvalue weighted by atomic mass is 10.1. The van der Waals surface area contributed by atoms with Gasteiger partial charge in [0.25, 0.3) is 0 Å². The summed E-state index contributed by atoms with van der Waals surface area (Å²) in [4.78, 5) is 13.8. The van der Waals surface area contributed by atoms with E-state index < -0.39 is 16.2 Å². The quantitative estimate of drug-likeness (QED) is 0.839. The molecule has 1 aliphatic heterocycles. The van der Waals surface area contributed by atoms with Gasteiger partial charge in [0, 0.05) is 20.0 Å². The van der Waals surface area contributed by atoms with E-state index in [9.17, 15) is 13.2 Å². The van der Waals surface area contributed by atoms with Gasteiger partial charge < -0.3 is 9.64 Å². The Morgan fingerprint density at radius 1 is 1.04 bits per heavy atom. The van der Waals surface area contributed by atoms with Crippen molar-refractivity contribution in [2.45, 2.75) is 18.0 Å². The van der Waals surface area contributed by atoms with Crippen molar-refractivity contribution in [3.8, 4) is 5.75 Å². The number of carbonyl (C=O) groups is 1. The van der Waals surface area contributed by atoms with E-state index in [1.54, 1.807) is 66.6 Å². The second-order valence-corrected chi connectivity index (χ2v) is 7.68. The van der Waals surface area contributed by atoms with Gasteiger partial charge in [-0.05, 0) is 29.8 Å². The first-order valence-corrected chi connectivity index (χ1v) is 9.37. The average Bonchev–Trinajstić information content (AvgIpc) is 3.09. The van der Waals surface area contributed by atoms with E-state index in [1.807, 2.05) is 0 Å². The lowest BCUT2D eigenvalue weighted by molar-refractivity contribution is -0.130. The Kier molecular flexibility index (Phi) is 4.78. The summed E-state index contributed by atoms with van der Waals surface area (Å²) in [6.45, 7) is 2.07. The van der Waals surface area contributed by atoms with Gasteiger partial charge in [0.15, 0.2) is 0 Å². The van der Waals surface area contributed by atoms with Crippen molar-refractivity contribution in [3.05, 3.63) is 60.2 Å². The van der Waals surface area contributed by atoms with Crippen LogP contribution in [0.4, 0.5) is 0 Å². The maximum atomic E-state index is 13.1. The van der Waals surface area contributed by atoms with Gasteiger partial charge >= 0.3 is 0 Å². The van der Waals surface area contributed by atoms with Gasteiger partial charge in [-0.1, -0.05) is 30.3 Å². The van der Waals surface area contributed by atoms with E-state index >= 15 is 0 Å². The second kappa shape index (κ2) is 6.85. The van der Waals surface area contributed by atoms with Crippen molar-refractivity contribution >= 4 is 15.9 Å². The molecule has 132 valence electrons. The molecule has 3 rings (SSSR count). The minimum absolute atomic E-state index is 0.161. The molecular formula is C18H20N2O4S. The van der Waals surface area contributed by atoms with Gasteiger partial charge in [0.05, 0.1) is 12.0 Å². The van der Waals surface area contributed by atoms with Gasteiger partial charge in [-0.25, -0.2) is 8.42 Å². The second-order valence-electron chi connectivity index (χ2n) is 5.79. The molecule has 1 saturated heterocycles.